The minimum atomic E-state index is -0.566. The van der Waals surface area contributed by atoms with Crippen LogP contribution in [0, 0.1) is 29.1 Å². The van der Waals surface area contributed by atoms with E-state index in [4.69, 9.17) is 0 Å². The molecule has 4 N–H and O–H groups in total. The van der Waals surface area contributed by atoms with E-state index in [9.17, 15) is 14.7 Å². The molecule has 172 valence electrons. The van der Waals surface area contributed by atoms with Gasteiger partial charge in [0.25, 0.3) is 0 Å². The van der Waals surface area contributed by atoms with Crippen molar-refractivity contribution in [3.8, 4) is 0 Å². The van der Waals surface area contributed by atoms with E-state index in [1.807, 2.05) is 32.0 Å². The highest BCUT2D eigenvalue weighted by Gasteiger charge is 2.53. The number of aromatic nitrogens is 1. The molecule has 1 aromatic heterocycles. The molecule has 2 saturated carbocycles. The molecule has 7 atom stereocenters. The number of hydrogen-bond acceptors (Lipinski definition) is 4. The lowest BCUT2D eigenvalue weighted by Gasteiger charge is -2.56. The van der Waals surface area contributed by atoms with Crippen LogP contribution in [-0.4, -0.2) is 40.7 Å². The molecular weight excluding hydrogens is 392 g/mol. The van der Waals surface area contributed by atoms with Crippen molar-refractivity contribution in [1.82, 2.24) is 20.9 Å². The Kier molecular flexibility index (Phi) is 7.57. The fourth-order valence-electron chi connectivity index (χ4n) is 5.91. The number of urea groups is 1. The first-order valence-corrected chi connectivity index (χ1v) is 11.7. The summed E-state index contributed by atoms with van der Waals surface area (Å²) < 4.78 is 0. The summed E-state index contributed by atoms with van der Waals surface area (Å²) in [5.74, 6) is -0.223. The number of carbonyl (C=O) groups excluding carboxylic acids is 2. The molecule has 2 aliphatic rings. The molecule has 3 rings (SSSR count). The molecule has 0 unspecified atom stereocenters. The zero-order valence-electron chi connectivity index (χ0n) is 19.2. The van der Waals surface area contributed by atoms with Gasteiger partial charge in [0.1, 0.15) is 0 Å². The largest absolute Gasteiger partial charge is 0.392 e. The Hall–Kier alpha value is -2.15. The number of fused-ring (bicyclic) bond motifs is 1. The summed E-state index contributed by atoms with van der Waals surface area (Å²) in [6.07, 6.45) is 4.88. The predicted octanol–water partition coefficient (Wildman–Crippen LogP) is 2.84. The van der Waals surface area contributed by atoms with Crippen LogP contribution in [0.5, 0.6) is 0 Å². The zero-order valence-corrected chi connectivity index (χ0v) is 19.2. The van der Waals surface area contributed by atoms with E-state index in [-0.39, 0.29) is 47.1 Å². The van der Waals surface area contributed by atoms with E-state index in [1.165, 1.54) is 0 Å². The summed E-state index contributed by atoms with van der Waals surface area (Å²) in [6, 6.07) is 5.53. The number of pyridine rings is 1. The van der Waals surface area contributed by atoms with E-state index in [0.29, 0.717) is 13.1 Å². The second-order valence-corrected chi connectivity index (χ2v) is 9.71. The average molecular weight is 431 g/mol. The van der Waals surface area contributed by atoms with Crippen molar-refractivity contribution in [2.45, 2.75) is 72.1 Å². The first-order chi connectivity index (χ1) is 14.8. The monoisotopic (exact) mass is 430 g/mol. The number of aliphatic hydroxyl groups excluding tert-OH is 1. The molecule has 0 bridgehead atoms. The molecular formula is C24H38N4O3. The summed E-state index contributed by atoms with van der Waals surface area (Å²) in [5, 5.41) is 20.3. The highest BCUT2D eigenvalue weighted by atomic mass is 16.3. The first kappa shape index (κ1) is 23.5. The number of hydrogen-bond donors (Lipinski definition) is 4. The summed E-state index contributed by atoms with van der Waals surface area (Å²) in [4.78, 5) is 29.2. The van der Waals surface area contributed by atoms with Gasteiger partial charge in [0.2, 0.25) is 5.91 Å². The molecule has 2 fully saturated rings. The van der Waals surface area contributed by atoms with E-state index < -0.39 is 6.10 Å². The van der Waals surface area contributed by atoms with Crippen molar-refractivity contribution in [1.29, 1.82) is 0 Å². The normalized spacial score (nSPS) is 33.6. The first-order valence-electron chi connectivity index (χ1n) is 11.7. The number of aliphatic hydroxyl groups is 1. The molecule has 0 saturated heterocycles. The quantitative estimate of drug-likeness (QED) is 0.557. The van der Waals surface area contributed by atoms with Crippen LogP contribution in [-0.2, 0) is 11.3 Å². The third-order valence-corrected chi connectivity index (χ3v) is 7.77. The summed E-state index contributed by atoms with van der Waals surface area (Å²) >= 11 is 0. The Bertz CT molecular complexity index is 758. The van der Waals surface area contributed by atoms with Crippen molar-refractivity contribution >= 4 is 11.9 Å². The Morgan fingerprint density at radius 3 is 2.68 bits per heavy atom. The lowest BCUT2D eigenvalue weighted by atomic mass is 9.52. The second-order valence-electron chi connectivity index (χ2n) is 9.71. The maximum Gasteiger partial charge on any atom is 0.315 e. The Morgan fingerprint density at radius 2 is 2.00 bits per heavy atom. The van der Waals surface area contributed by atoms with Crippen LogP contribution in [0.4, 0.5) is 4.79 Å². The smallest absolute Gasteiger partial charge is 0.315 e. The Balaban J connectivity index is 1.66. The number of nitrogens with one attached hydrogen (secondary N) is 3. The molecule has 3 amide bonds. The predicted molar refractivity (Wildman–Crippen MR) is 120 cm³/mol. The summed E-state index contributed by atoms with van der Waals surface area (Å²) in [6.45, 7) is 9.20. The highest BCUT2D eigenvalue weighted by molar-refractivity contribution is 5.78. The molecule has 0 radical (unpaired) electrons. The zero-order chi connectivity index (χ0) is 22.6. The maximum absolute atomic E-state index is 12.8. The number of rotatable bonds is 6. The SMILES string of the molecule is CCNC(=O)N[C@@H]1CC[C@@]2(C)CC[C@@H]([C@H](C)C(=O)NCc3ccccn3)[C@H](O)[C@H]2[C@@H]1C. The van der Waals surface area contributed by atoms with Gasteiger partial charge in [-0.05, 0) is 67.9 Å². The van der Waals surface area contributed by atoms with Gasteiger partial charge >= 0.3 is 6.03 Å². The van der Waals surface area contributed by atoms with Gasteiger partial charge in [0.05, 0.1) is 18.3 Å². The fourth-order valence-corrected chi connectivity index (χ4v) is 5.91. The topological polar surface area (TPSA) is 103 Å². The van der Waals surface area contributed by atoms with Crippen LogP contribution >= 0.6 is 0 Å². The van der Waals surface area contributed by atoms with Gasteiger partial charge < -0.3 is 21.1 Å². The molecule has 7 heteroatoms. The van der Waals surface area contributed by atoms with Gasteiger partial charge in [-0.2, -0.15) is 0 Å². The number of carbonyl (C=O) groups is 2. The van der Waals surface area contributed by atoms with Crippen LogP contribution in [0.3, 0.4) is 0 Å². The molecule has 1 heterocycles. The maximum atomic E-state index is 12.8. The van der Waals surface area contributed by atoms with E-state index in [2.05, 4.69) is 34.8 Å². The van der Waals surface area contributed by atoms with Gasteiger partial charge in [-0.15, -0.1) is 0 Å². The van der Waals surface area contributed by atoms with Gasteiger partial charge in [0.15, 0.2) is 0 Å². The lowest BCUT2D eigenvalue weighted by Crippen LogP contribution is -2.59. The van der Waals surface area contributed by atoms with Crippen molar-refractivity contribution < 1.29 is 14.7 Å². The average Bonchev–Trinajstić information content (AvgIpc) is 2.75. The van der Waals surface area contributed by atoms with E-state index in [1.54, 1.807) is 6.20 Å². The molecule has 7 nitrogen and oxygen atoms in total. The molecule has 0 aliphatic heterocycles. The lowest BCUT2D eigenvalue weighted by molar-refractivity contribution is -0.142. The van der Waals surface area contributed by atoms with Crippen LogP contribution in [0.15, 0.2) is 24.4 Å². The molecule has 31 heavy (non-hydrogen) atoms. The van der Waals surface area contributed by atoms with Gasteiger partial charge in [-0.25, -0.2) is 4.79 Å². The van der Waals surface area contributed by atoms with Crippen molar-refractivity contribution in [3.05, 3.63) is 30.1 Å². The molecule has 0 aromatic carbocycles. The molecule has 2 aliphatic carbocycles. The van der Waals surface area contributed by atoms with Crippen LogP contribution in [0.25, 0.3) is 0 Å². The van der Waals surface area contributed by atoms with Crippen LogP contribution < -0.4 is 16.0 Å². The second kappa shape index (κ2) is 9.98. The highest BCUT2D eigenvalue weighted by Crippen LogP contribution is 2.55. The molecule has 0 spiro atoms. The minimum absolute atomic E-state index is 0.0336. The standard InChI is InChI=1S/C24H38N4O3/c1-5-25-23(31)28-19-10-12-24(4)11-9-18(21(29)20(24)16(19)3)15(2)22(30)27-14-17-8-6-7-13-26-17/h6-8,13,15-16,18-21,29H,5,9-12,14H2,1-4H3,(H,27,30)(H2,25,28,31)/t15-,16+,18-,19+,20+,21-,24+/m0/s1. The van der Waals surface area contributed by atoms with Crippen molar-refractivity contribution in [2.24, 2.45) is 29.1 Å². The number of nitrogens with zero attached hydrogens (tertiary/aromatic N) is 1. The van der Waals surface area contributed by atoms with Crippen molar-refractivity contribution in [3.63, 3.8) is 0 Å². The fraction of sp³-hybridized carbons (Fsp3) is 0.708. The van der Waals surface area contributed by atoms with E-state index >= 15 is 0 Å². The summed E-state index contributed by atoms with van der Waals surface area (Å²) in [7, 11) is 0. The minimum Gasteiger partial charge on any atom is -0.392 e. The van der Waals surface area contributed by atoms with Crippen LogP contribution in [0.2, 0.25) is 0 Å². The third kappa shape index (κ3) is 5.20. The summed E-state index contributed by atoms with van der Waals surface area (Å²) in [5.41, 5.74) is 0.860. The van der Waals surface area contributed by atoms with E-state index in [0.717, 1.165) is 31.4 Å². The van der Waals surface area contributed by atoms with Gasteiger partial charge in [-0.1, -0.05) is 26.8 Å². The molecule has 1 aromatic rings. The van der Waals surface area contributed by atoms with Crippen LogP contribution in [0.1, 0.15) is 59.1 Å². The Morgan fingerprint density at radius 1 is 1.26 bits per heavy atom. The van der Waals surface area contributed by atoms with Gasteiger partial charge in [-0.3, -0.25) is 9.78 Å². The Labute approximate surface area is 185 Å². The van der Waals surface area contributed by atoms with Crippen molar-refractivity contribution in [2.75, 3.05) is 6.54 Å². The third-order valence-electron chi connectivity index (χ3n) is 7.77. The van der Waals surface area contributed by atoms with Gasteiger partial charge in [0, 0.05) is 24.7 Å². The number of amides is 3.